The number of carbonyl (C=O) groups is 2. The Morgan fingerprint density at radius 1 is 1.17 bits per heavy atom. The zero-order valence-electron chi connectivity index (χ0n) is 12.1. The summed E-state index contributed by atoms with van der Waals surface area (Å²) in [4.78, 5) is 32.1. The smallest absolute Gasteiger partial charge is 0.292 e. The van der Waals surface area contributed by atoms with Crippen LogP contribution in [-0.2, 0) is 0 Å². The van der Waals surface area contributed by atoms with Gasteiger partial charge in [0, 0.05) is 6.20 Å². The van der Waals surface area contributed by atoms with Gasteiger partial charge in [0.15, 0.2) is 0 Å². The number of nitrogens with one attached hydrogen (secondary N) is 2. The van der Waals surface area contributed by atoms with Gasteiger partial charge in [0.05, 0.1) is 10.6 Å². The standard InChI is InChI=1S/C15H11Cl3N4O2/c16-10-6-9(11(17)20-12(10)18)14(23)22-15(24)21-13-8(7-3-4-7)2-1-5-19-13/h1-2,5-7H,3-4H2,(H2,19,21,22,23,24). The van der Waals surface area contributed by atoms with Crippen LogP contribution in [-0.4, -0.2) is 21.9 Å². The third-order valence-electron chi connectivity index (χ3n) is 3.45. The number of halogens is 3. The molecule has 2 heterocycles. The lowest BCUT2D eigenvalue weighted by Crippen LogP contribution is -2.35. The molecule has 0 bridgehead atoms. The van der Waals surface area contributed by atoms with E-state index in [0.717, 1.165) is 18.4 Å². The summed E-state index contributed by atoms with van der Waals surface area (Å²) in [7, 11) is 0. The zero-order chi connectivity index (χ0) is 17.3. The first-order chi connectivity index (χ1) is 11.5. The van der Waals surface area contributed by atoms with Gasteiger partial charge in [0.25, 0.3) is 5.91 Å². The van der Waals surface area contributed by atoms with Crippen LogP contribution in [0.3, 0.4) is 0 Å². The van der Waals surface area contributed by atoms with E-state index in [9.17, 15) is 9.59 Å². The van der Waals surface area contributed by atoms with Crippen molar-refractivity contribution in [3.8, 4) is 0 Å². The maximum Gasteiger partial charge on any atom is 0.327 e. The molecule has 1 aliphatic carbocycles. The van der Waals surface area contributed by atoms with Crippen LogP contribution in [0.2, 0.25) is 15.3 Å². The van der Waals surface area contributed by atoms with Crippen LogP contribution in [0, 0.1) is 0 Å². The first kappa shape index (κ1) is 17.0. The molecule has 1 aliphatic rings. The van der Waals surface area contributed by atoms with Gasteiger partial charge < -0.3 is 0 Å². The Bertz CT molecular complexity index is 824. The summed E-state index contributed by atoms with van der Waals surface area (Å²) in [5.41, 5.74) is 0.902. The second-order valence-electron chi connectivity index (χ2n) is 5.22. The minimum atomic E-state index is -0.743. The summed E-state index contributed by atoms with van der Waals surface area (Å²) in [5, 5.41) is 4.63. The van der Waals surface area contributed by atoms with Gasteiger partial charge in [-0.15, -0.1) is 0 Å². The summed E-state index contributed by atoms with van der Waals surface area (Å²) in [5.74, 6) is 0.0922. The van der Waals surface area contributed by atoms with E-state index in [4.69, 9.17) is 34.8 Å². The second-order valence-corrected chi connectivity index (χ2v) is 6.35. The molecule has 0 atom stereocenters. The van der Waals surface area contributed by atoms with Gasteiger partial charge >= 0.3 is 6.03 Å². The first-order valence-corrected chi connectivity index (χ1v) is 8.18. The topological polar surface area (TPSA) is 84.0 Å². The summed E-state index contributed by atoms with van der Waals surface area (Å²) in [6.45, 7) is 0. The first-order valence-electron chi connectivity index (χ1n) is 7.04. The lowest BCUT2D eigenvalue weighted by Gasteiger charge is -2.10. The number of urea groups is 1. The number of hydrogen-bond acceptors (Lipinski definition) is 4. The van der Waals surface area contributed by atoms with Gasteiger partial charge in [0.2, 0.25) is 0 Å². The number of nitrogens with zero attached hydrogens (tertiary/aromatic N) is 2. The molecule has 124 valence electrons. The van der Waals surface area contributed by atoms with Crippen LogP contribution in [0.1, 0.15) is 34.7 Å². The van der Waals surface area contributed by atoms with Crippen molar-refractivity contribution in [1.82, 2.24) is 15.3 Å². The Kier molecular flexibility index (Phi) is 4.89. The third kappa shape index (κ3) is 3.77. The maximum absolute atomic E-state index is 12.1. The number of rotatable bonds is 3. The monoisotopic (exact) mass is 384 g/mol. The van der Waals surface area contributed by atoms with Crippen LogP contribution in [0.15, 0.2) is 24.4 Å². The molecular formula is C15H11Cl3N4O2. The molecule has 2 aromatic heterocycles. The highest BCUT2D eigenvalue weighted by atomic mass is 35.5. The van der Waals surface area contributed by atoms with Crippen molar-refractivity contribution in [3.05, 3.63) is 50.9 Å². The Morgan fingerprint density at radius 2 is 1.92 bits per heavy atom. The highest BCUT2D eigenvalue weighted by molar-refractivity contribution is 6.42. The van der Waals surface area contributed by atoms with Crippen molar-refractivity contribution < 1.29 is 9.59 Å². The van der Waals surface area contributed by atoms with E-state index in [1.165, 1.54) is 6.07 Å². The minimum absolute atomic E-state index is 0.0229. The molecule has 3 amide bonds. The van der Waals surface area contributed by atoms with Crippen LogP contribution in [0.5, 0.6) is 0 Å². The Balaban J connectivity index is 1.71. The predicted octanol–water partition coefficient (Wildman–Crippen LogP) is 4.28. The zero-order valence-corrected chi connectivity index (χ0v) is 14.4. The molecular weight excluding hydrogens is 375 g/mol. The molecule has 0 aromatic carbocycles. The Morgan fingerprint density at radius 3 is 2.62 bits per heavy atom. The number of amides is 3. The third-order valence-corrected chi connectivity index (χ3v) is 4.41. The number of carbonyl (C=O) groups excluding carboxylic acids is 2. The molecule has 0 unspecified atom stereocenters. The van der Waals surface area contributed by atoms with E-state index in [2.05, 4.69) is 20.6 Å². The number of imide groups is 1. The van der Waals surface area contributed by atoms with Gasteiger partial charge in [-0.05, 0) is 36.5 Å². The quantitative estimate of drug-likeness (QED) is 0.773. The lowest BCUT2D eigenvalue weighted by atomic mass is 10.2. The van der Waals surface area contributed by atoms with Crippen LogP contribution >= 0.6 is 34.8 Å². The SMILES string of the molecule is O=C(NC(=O)c1cc(Cl)c(Cl)nc1Cl)Nc1ncccc1C1CC1. The van der Waals surface area contributed by atoms with Gasteiger partial charge in [-0.2, -0.15) is 0 Å². The van der Waals surface area contributed by atoms with E-state index < -0.39 is 11.9 Å². The normalized spacial score (nSPS) is 13.5. The van der Waals surface area contributed by atoms with E-state index in [1.807, 2.05) is 12.1 Å². The highest BCUT2D eigenvalue weighted by Crippen LogP contribution is 2.42. The average molecular weight is 386 g/mol. The van der Waals surface area contributed by atoms with Gasteiger partial charge in [-0.3, -0.25) is 15.4 Å². The fourth-order valence-electron chi connectivity index (χ4n) is 2.16. The fourth-order valence-corrected chi connectivity index (χ4v) is 2.72. The van der Waals surface area contributed by atoms with Crippen molar-refractivity contribution in [2.75, 3.05) is 5.32 Å². The predicted molar refractivity (Wildman–Crippen MR) is 92.0 cm³/mol. The summed E-state index contributed by atoms with van der Waals surface area (Å²) in [6, 6.07) is 4.24. The van der Waals surface area contributed by atoms with Crippen molar-refractivity contribution >= 4 is 52.6 Å². The summed E-state index contributed by atoms with van der Waals surface area (Å²) in [6.07, 6.45) is 3.69. The molecule has 2 aromatic rings. The number of aromatic nitrogens is 2. The molecule has 3 rings (SSSR count). The van der Waals surface area contributed by atoms with Gasteiger partial charge in [-0.1, -0.05) is 40.9 Å². The van der Waals surface area contributed by atoms with E-state index >= 15 is 0 Å². The number of anilines is 1. The number of pyridine rings is 2. The minimum Gasteiger partial charge on any atom is -0.292 e. The number of hydrogen-bond donors (Lipinski definition) is 2. The summed E-state index contributed by atoms with van der Waals surface area (Å²) < 4.78 is 0. The van der Waals surface area contributed by atoms with E-state index in [1.54, 1.807) is 6.20 Å². The van der Waals surface area contributed by atoms with Gasteiger partial charge in [-0.25, -0.2) is 14.8 Å². The molecule has 0 aliphatic heterocycles. The molecule has 0 saturated heterocycles. The molecule has 6 nitrogen and oxygen atoms in total. The average Bonchev–Trinajstić information content (AvgIpc) is 3.36. The van der Waals surface area contributed by atoms with Gasteiger partial charge in [0.1, 0.15) is 16.1 Å². The summed E-state index contributed by atoms with van der Waals surface area (Å²) >= 11 is 17.4. The van der Waals surface area contributed by atoms with Crippen molar-refractivity contribution in [2.45, 2.75) is 18.8 Å². The largest absolute Gasteiger partial charge is 0.327 e. The Labute approximate surface area is 152 Å². The van der Waals surface area contributed by atoms with E-state index in [-0.39, 0.29) is 20.9 Å². The molecule has 2 N–H and O–H groups in total. The van der Waals surface area contributed by atoms with Crippen molar-refractivity contribution in [2.24, 2.45) is 0 Å². The molecule has 0 radical (unpaired) electrons. The van der Waals surface area contributed by atoms with E-state index in [0.29, 0.717) is 11.7 Å². The second kappa shape index (κ2) is 6.93. The lowest BCUT2D eigenvalue weighted by molar-refractivity contribution is 0.0967. The van der Waals surface area contributed by atoms with Crippen LogP contribution < -0.4 is 10.6 Å². The molecule has 9 heteroatoms. The molecule has 0 spiro atoms. The van der Waals surface area contributed by atoms with Crippen molar-refractivity contribution in [3.63, 3.8) is 0 Å². The van der Waals surface area contributed by atoms with Crippen LogP contribution in [0.4, 0.5) is 10.6 Å². The molecule has 1 fully saturated rings. The fraction of sp³-hybridized carbons (Fsp3) is 0.200. The molecule has 24 heavy (non-hydrogen) atoms. The van der Waals surface area contributed by atoms with Crippen molar-refractivity contribution in [1.29, 1.82) is 0 Å². The maximum atomic E-state index is 12.1. The van der Waals surface area contributed by atoms with Crippen LogP contribution in [0.25, 0.3) is 0 Å². The molecule has 1 saturated carbocycles. The Hall–Kier alpha value is -1.89. The highest BCUT2D eigenvalue weighted by Gasteiger charge is 2.27.